The van der Waals surface area contributed by atoms with Crippen LogP contribution in [0.4, 0.5) is 0 Å². The highest BCUT2D eigenvalue weighted by Crippen LogP contribution is 2.43. The van der Waals surface area contributed by atoms with Crippen LogP contribution in [0.2, 0.25) is 0 Å². The topological polar surface area (TPSA) is 134 Å². The quantitative estimate of drug-likeness (QED) is 0.0400. The molecule has 268 valence electrons. The summed E-state index contributed by atoms with van der Waals surface area (Å²) in [4.78, 5) is 34.6. The second-order valence-electron chi connectivity index (χ2n) is 13.4. The van der Waals surface area contributed by atoms with Crippen molar-refractivity contribution in [3.8, 4) is 0 Å². The van der Waals surface area contributed by atoms with Crippen LogP contribution >= 0.6 is 7.82 Å². The zero-order chi connectivity index (χ0) is 33.6. The van der Waals surface area contributed by atoms with Crippen LogP contribution in [0.25, 0.3) is 0 Å². The Morgan fingerprint density at radius 1 is 0.600 bits per heavy atom. The van der Waals surface area contributed by atoms with E-state index in [1.165, 1.54) is 89.9 Å². The summed E-state index contributed by atoms with van der Waals surface area (Å²) in [6.07, 6.45) is 22.9. The molecule has 0 aromatic heterocycles. The van der Waals surface area contributed by atoms with E-state index >= 15 is 0 Å². The van der Waals surface area contributed by atoms with E-state index < -0.39 is 26.5 Å². The molecule has 10 heteroatoms. The molecule has 0 aliphatic carbocycles. The number of carbonyl (C=O) groups excluding carboxylic acids is 2. The Morgan fingerprint density at radius 3 is 1.42 bits per heavy atom. The minimum atomic E-state index is -4.36. The molecule has 0 saturated carbocycles. The highest BCUT2D eigenvalue weighted by Gasteiger charge is 2.26. The molecule has 9 nitrogen and oxygen atoms in total. The second-order valence-corrected chi connectivity index (χ2v) is 14.9. The molecular weight excluding hydrogens is 593 g/mol. The summed E-state index contributed by atoms with van der Waals surface area (Å²) in [6.45, 7) is 8.33. The van der Waals surface area contributed by atoms with Gasteiger partial charge in [0.2, 0.25) is 0 Å². The summed E-state index contributed by atoms with van der Waals surface area (Å²) < 4.78 is 32.6. The molecule has 0 aliphatic rings. The van der Waals surface area contributed by atoms with E-state index in [1.54, 1.807) is 0 Å². The van der Waals surface area contributed by atoms with Crippen LogP contribution in [0.15, 0.2) is 0 Å². The molecule has 0 amide bonds. The first-order chi connectivity index (χ1) is 21.6. The maximum absolute atomic E-state index is 12.5. The summed E-state index contributed by atoms with van der Waals surface area (Å²) in [6, 6.07) is 0. The average molecular weight is 664 g/mol. The Morgan fingerprint density at radius 2 is 1.00 bits per heavy atom. The molecule has 0 aromatic rings. The van der Waals surface area contributed by atoms with Gasteiger partial charge in [-0.15, -0.1) is 0 Å². The van der Waals surface area contributed by atoms with Crippen LogP contribution in [-0.2, 0) is 32.7 Å². The van der Waals surface area contributed by atoms with Gasteiger partial charge in [-0.05, 0) is 24.7 Å². The van der Waals surface area contributed by atoms with Gasteiger partial charge in [0.1, 0.15) is 6.61 Å². The zero-order valence-corrected chi connectivity index (χ0v) is 30.3. The predicted octanol–water partition coefficient (Wildman–Crippen LogP) is 9.43. The summed E-state index contributed by atoms with van der Waals surface area (Å²) in [7, 11) is -4.36. The number of phosphoric ester groups is 1. The van der Waals surface area contributed by atoms with Crippen LogP contribution in [0.5, 0.6) is 0 Å². The van der Waals surface area contributed by atoms with Crippen molar-refractivity contribution in [3.05, 3.63) is 0 Å². The number of esters is 2. The number of carbonyl (C=O) groups is 2. The number of ether oxygens (including phenoxy) is 2. The van der Waals surface area contributed by atoms with Gasteiger partial charge in [-0.1, -0.05) is 143 Å². The number of rotatable bonds is 33. The molecule has 0 fully saturated rings. The second kappa shape index (κ2) is 30.4. The van der Waals surface area contributed by atoms with Crippen LogP contribution in [0.1, 0.15) is 169 Å². The Hall–Kier alpha value is -0.990. The molecule has 2 atom stereocenters. The number of hydrogen-bond donors (Lipinski definition) is 2. The van der Waals surface area contributed by atoms with E-state index in [0.717, 1.165) is 43.9 Å². The van der Waals surface area contributed by atoms with Crippen molar-refractivity contribution in [1.29, 1.82) is 0 Å². The molecule has 0 radical (unpaired) electrons. The number of unbranched alkanes of at least 4 members (excludes halogenated alkanes) is 16. The Kier molecular flexibility index (Phi) is 29.7. The third-order valence-corrected chi connectivity index (χ3v) is 8.83. The molecule has 0 rings (SSSR count). The van der Waals surface area contributed by atoms with Gasteiger partial charge in [-0.25, -0.2) is 4.57 Å². The molecule has 45 heavy (non-hydrogen) atoms. The first-order valence-electron chi connectivity index (χ1n) is 18.2. The van der Waals surface area contributed by atoms with Crippen molar-refractivity contribution >= 4 is 19.8 Å². The predicted molar refractivity (Wildman–Crippen MR) is 183 cm³/mol. The summed E-state index contributed by atoms with van der Waals surface area (Å²) in [5.74, 6) is 0.752. The Balaban J connectivity index is 4.24. The van der Waals surface area contributed by atoms with Crippen LogP contribution in [0, 0.1) is 11.8 Å². The monoisotopic (exact) mass is 663 g/mol. The molecule has 0 heterocycles. The van der Waals surface area contributed by atoms with Gasteiger partial charge in [-0.3, -0.25) is 18.6 Å². The lowest BCUT2D eigenvalue weighted by Crippen LogP contribution is -2.29. The third kappa shape index (κ3) is 32.7. The minimum Gasteiger partial charge on any atom is -0.462 e. The standard InChI is InChI=1S/C35H70NO8P/c1-31(2)23-19-15-11-7-5-9-13-17-21-25-34(37)41-29-33(30-43-45(39,40)42-28-27-36)44-35(38)26-22-18-14-10-6-8-12-16-20-24-32(3)4/h31-33H,5-30,36H2,1-4H3,(H,39,40)/t33-/m1/s1. The van der Waals surface area contributed by atoms with E-state index in [-0.39, 0.29) is 38.6 Å². The highest BCUT2D eigenvalue weighted by atomic mass is 31.2. The zero-order valence-electron chi connectivity index (χ0n) is 29.4. The number of hydrogen-bond acceptors (Lipinski definition) is 8. The number of phosphoric acid groups is 1. The summed E-state index contributed by atoms with van der Waals surface area (Å²) in [5.41, 5.74) is 5.32. The van der Waals surface area contributed by atoms with Gasteiger partial charge < -0.3 is 20.1 Å². The highest BCUT2D eigenvalue weighted by molar-refractivity contribution is 7.47. The Labute approximate surface area is 276 Å². The smallest absolute Gasteiger partial charge is 0.462 e. The summed E-state index contributed by atoms with van der Waals surface area (Å²) >= 11 is 0. The van der Waals surface area contributed by atoms with Crippen molar-refractivity contribution < 1.29 is 37.6 Å². The van der Waals surface area contributed by atoms with E-state index in [2.05, 4.69) is 27.7 Å². The van der Waals surface area contributed by atoms with Gasteiger partial charge in [0.25, 0.3) is 0 Å². The van der Waals surface area contributed by atoms with Crippen molar-refractivity contribution in [2.45, 2.75) is 175 Å². The largest absolute Gasteiger partial charge is 0.472 e. The van der Waals surface area contributed by atoms with Gasteiger partial charge >= 0.3 is 19.8 Å². The maximum atomic E-state index is 12.5. The van der Waals surface area contributed by atoms with Crippen molar-refractivity contribution in [2.75, 3.05) is 26.4 Å². The lowest BCUT2D eigenvalue weighted by Gasteiger charge is -2.19. The minimum absolute atomic E-state index is 0.0562. The molecule has 1 unspecified atom stereocenters. The van der Waals surface area contributed by atoms with Crippen LogP contribution in [0.3, 0.4) is 0 Å². The molecular formula is C35H70NO8P. The van der Waals surface area contributed by atoms with Crippen molar-refractivity contribution in [2.24, 2.45) is 17.6 Å². The van der Waals surface area contributed by atoms with Gasteiger partial charge in [-0.2, -0.15) is 0 Å². The van der Waals surface area contributed by atoms with Crippen molar-refractivity contribution in [3.63, 3.8) is 0 Å². The third-order valence-electron chi connectivity index (χ3n) is 7.85. The van der Waals surface area contributed by atoms with E-state index in [4.69, 9.17) is 24.3 Å². The van der Waals surface area contributed by atoms with Gasteiger partial charge in [0.15, 0.2) is 6.10 Å². The molecule has 0 spiro atoms. The number of nitrogens with two attached hydrogens (primary N) is 1. The fourth-order valence-electron chi connectivity index (χ4n) is 5.12. The lowest BCUT2D eigenvalue weighted by atomic mass is 10.0. The van der Waals surface area contributed by atoms with E-state index in [0.29, 0.717) is 6.42 Å². The van der Waals surface area contributed by atoms with E-state index in [1.807, 2.05) is 0 Å². The maximum Gasteiger partial charge on any atom is 0.472 e. The first-order valence-corrected chi connectivity index (χ1v) is 19.7. The van der Waals surface area contributed by atoms with Crippen LogP contribution in [-0.4, -0.2) is 49.3 Å². The van der Waals surface area contributed by atoms with Gasteiger partial charge in [0, 0.05) is 19.4 Å². The van der Waals surface area contributed by atoms with Crippen molar-refractivity contribution in [1.82, 2.24) is 0 Å². The average Bonchev–Trinajstić information content (AvgIpc) is 2.98. The lowest BCUT2D eigenvalue weighted by molar-refractivity contribution is -0.161. The SMILES string of the molecule is CC(C)CCCCCCCCCCCC(=O)OC[C@H](COP(=O)(O)OCCN)OC(=O)CCCCCCCCCCCC(C)C. The molecule has 0 aromatic carbocycles. The molecule has 3 N–H and O–H groups in total. The fraction of sp³-hybridized carbons (Fsp3) is 0.943. The summed E-state index contributed by atoms with van der Waals surface area (Å²) in [5, 5.41) is 0. The van der Waals surface area contributed by atoms with Gasteiger partial charge in [0.05, 0.1) is 13.2 Å². The molecule has 0 aliphatic heterocycles. The molecule has 0 saturated heterocycles. The fourth-order valence-corrected chi connectivity index (χ4v) is 5.89. The van der Waals surface area contributed by atoms with Crippen LogP contribution < -0.4 is 5.73 Å². The molecule has 0 bridgehead atoms. The normalized spacial score (nSPS) is 13.7. The first kappa shape index (κ1) is 44.0. The Bertz CT molecular complexity index is 749. The van der Waals surface area contributed by atoms with E-state index in [9.17, 15) is 19.0 Å².